The lowest BCUT2D eigenvalue weighted by atomic mass is 9.83. The van der Waals surface area contributed by atoms with Gasteiger partial charge in [-0.1, -0.05) is 37.5 Å². The van der Waals surface area contributed by atoms with E-state index in [1.54, 1.807) is 0 Å². The maximum atomic E-state index is 13.2. The number of benzene rings is 1. The van der Waals surface area contributed by atoms with E-state index in [0.717, 1.165) is 36.8 Å². The molecular weight excluding hydrogens is 533 g/mol. The summed E-state index contributed by atoms with van der Waals surface area (Å²) in [6, 6.07) is 8.28. The van der Waals surface area contributed by atoms with E-state index in [9.17, 15) is 26.4 Å². The van der Waals surface area contributed by atoms with Crippen LogP contribution in [0.25, 0.3) is 0 Å². The Bertz CT molecular complexity index is 1320. The molecule has 5 rings (SSSR count). The first-order chi connectivity index (χ1) is 18.5. The van der Waals surface area contributed by atoms with Crippen LogP contribution in [-0.2, 0) is 14.8 Å². The van der Waals surface area contributed by atoms with Gasteiger partial charge in [-0.3, -0.25) is 4.79 Å². The van der Waals surface area contributed by atoms with E-state index in [1.165, 1.54) is 29.5 Å². The minimum atomic E-state index is -4.44. The predicted molar refractivity (Wildman–Crippen MR) is 139 cm³/mol. The molecule has 212 valence electrons. The Hall–Kier alpha value is -2.86. The molecule has 2 heterocycles. The van der Waals surface area contributed by atoms with Gasteiger partial charge in [0.05, 0.1) is 0 Å². The highest BCUT2D eigenvalue weighted by Crippen LogP contribution is 2.45. The first-order valence-electron chi connectivity index (χ1n) is 13.4. The summed E-state index contributed by atoms with van der Waals surface area (Å²) in [5, 5.41) is 1.98. The van der Waals surface area contributed by atoms with E-state index in [1.807, 2.05) is 25.1 Å². The largest absolute Gasteiger partial charge is 0.477 e. The number of piperazine rings is 1. The smallest absolute Gasteiger partial charge is 0.405 e. The van der Waals surface area contributed by atoms with E-state index in [2.05, 4.69) is 15.0 Å². The normalized spacial score (nSPS) is 21.8. The molecule has 8 nitrogen and oxygen atoms in total. The van der Waals surface area contributed by atoms with Crippen LogP contribution in [0.3, 0.4) is 0 Å². The van der Waals surface area contributed by atoms with Crippen LogP contribution in [0, 0.1) is 6.92 Å². The van der Waals surface area contributed by atoms with Crippen LogP contribution in [-0.4, -0.2) is 56.8 Å². The molecule has 2 aliphatic carbocycles. The SMILES string of the molecule is Cc1ccc(C2CCCCC2)c(OC2(C(=O)NS(=O)(=O)c3cccc(N4CCNC(C(F)(F)F)C4)n3)CC2)c1. The molecule has 2 aromatic rings. The lowest BCUT2D eigenvalue weighted by molar-refractivity contribution is -0.155. The number of hydrogen-bond donors (Lipinski definition) is 2. The second-order valence-electron chi connectivity index (χ2n) is 10.7. The Kier molecular flexibility index (Phi) is 7.53. The third kappa shape index (κ3) is 6.16. The molecule has 1 aliphatic heterocycles. The van der Waals surface area contributed by atoms with Crippen LogP contribution >= 0.6 is 0 Å². The summed E-state index contributed by atoms with van der Waals surface area (Å²) in [5.74, 6) is 0.274. The van der Waals surface area contributed by atoms with Crippen LogP contribution in [0.4, 0.5) is 19.0 Å². The zero-order valence-electron chi connectivity index (χ0n) is 21.8. The topological polar surface area (TPSA) is 101 Å². The van der Waals surface area contributed by atoms with Crippen molar-refractivity contribution in [2.45, 2.75) is 80.6 Å². The van der Waals surface area contributed by atoms with Crippen LogP contribution in [0.1, 0.15) is 62.0 Å². The number of ether oxygens (including phenoxy) is 1. The summed E-state index contributed by atoms with van der Waals surface area (Å²) in [5.41, 5.74) is 0.736. The highest BCUT2D eigenvalue weighted by atomic mass is 32.2. The van der Waals surface area contributed by atoms with Gasteiger partial charge in [-0.05, 0) is 55.0 Å². The Labute approximate surface area is 226 Å². The van der Waals surface area contributed by atoms with Gasteiger partial charge in [-0.15, -0.1) is 0 Å². The van der Waals surface area contributed by atoms with Crippen molar-refractivity contribution in [1.82, 2.24) is 15.0 Å². The molecule has 1 aromatic heterocycles. The molecule has 39 heavy (non-hydrogen) atoms. The first kappa shape index (κ1) is 27.7. The highest BCUT2D eigenvalue weighted by molar-refractivity contribution is 7.90. The maximum absolute atomic E-state index is 13.2. The van der Waals surface area contributed by atoms with Gasteiger partial charge in [-0.2, -0.15) is 21.6 Å². The average Bonchev–Trinajstić information content (AvgIpc) is 3.69. The minimum absolute atomic E-state index is 0.0707. The number of anilines is 1. The van der Waals surface area contributed by atoms with E-state index in [-0.39, 0.29) is 18.9 Å². The fourth-order valence-electron chi connectivity index (χ4n) is 5.35. The van der Waals surface area contributed by atoms with Crippen molar-refractivity contribution in [3.8, 4) is 5.75 Å². The average molecular weight is 567 g/mol. The van der Waals surface area contributed by atoms with Crippen molar-refractivity contribution in [3.63, 3.8) is 0 Å². The second-order valence-corrected chi connectivity index (χ2v) is 12.4. The first-order valence-corrected chi connectivity index (χ1v) is 14.8. The number of alkyl halides is 3. The summed E-state index contributed by atoms with van der Waals surface area (Å²) in [6.07, 6.45) is 1.88. The molecule has 12 heteroatoms. The number of rotatable bonds is 7. The summed E-state index contributed by atoms with van der Waals surface area (Å²) in [6.45, 7) is 1.84. The summed E-state index contributed by atoms with van der Waals surface area (Å²) >= 11 is 0. The van der Waals surface area contributed by atoms with Gasteiger partial charge in [0.2, 0.25) is 0 Å². The lowest BCUT2D eigenvalue weighted by Gasteiger charge is -2.35. The Morgan fingerprint density at radius 1 is 1.15 bits per heavy atom. The number of hydrogen-bond acceptors (Lipinski definition) is 7. The van der Waals surface area contributed by atoms with Crippen LogP contribution in [0.5, 0.6) is 5.75 Å². The molecule has 3 fully saturated rings. The van der Waals surface area contributed by atoms with E-state index >= 15 is 0 Å². The number of pyridine rings is 1. The lowest BCUT2D eigenvalue weighted by Crippen LogP contribution is -2.57. The predicted octanol–water partition coefficient (Wildman–Crippen LogP) is 4.19. The molecule has 0 bridgehead atoms. The fourth-order valence-corrected chi connectivity index (χ4v) is 6.36. The van der Waals surface area contributed by atoms with Gasteiger partial charge in [0.15, 0.2) is 10.6 Å². The molecule has 2 saturated carbocycles. The highest BCUT2D eigenvalue weighted by Gasteiger charge is 2.54. The quantitative estimate of drug-likeness (QED) is 0.518. The molecular formula is C27H33F3N4O4S. The molecule has 1 aromatic carbocycles. The van der Waals surface area contributed by atoms with Crippen LogP contribution in [0.2, 0.25) is 0 Å². The van der Waals surface area contributed by atoms with Crippen molar-refractivity contribution in [1.29, 1.82) is 0 Å². The van der Waals surface area contributed by atoms with Crippen LogP contribution < -0.4 is 19.7 Å². The Balaban J connectivity index is 1.31. The number of sulfonamides is 1. The van der Waals surface area contributed by atoms with Crippen molar-refractivity contribution in [3.05, 3.63) is 47.5 Å². The zero-order valence-corrected chi connectivity index (χ0v) is 22.6. The molecule has 1 amide bonds. The molecule has 0 radical (unpaired) electrons. The monoisotopic (exact) mass is 566 g/mol. The molecule has 1 unspecified atom stereocenters. The van der Waals surface area contributed by atoms with Crippen LogP contribution in [0.15, 0.2) is 41.4 Å². The number of carbonyl (C=O) groups is 1. The van der Waals surface area contributed by atoms with Crippen molar-refractivity contribution in [2.24, 2.45) is 0 Å². The summed E-state index contributed by atoms with van der Waals surface area (Å²) in [4.78, 5) is 18.7. The van der Waals surface area contributed by atoms with Gasteiger partial charge in [0.1, 0.15) is 17.6 Å². The molecule has 3 aliphatic rings. The van der Waals surface area contributed by atoms with Crippen molar-refractivity contribution >= 4 is 21.7 Å². The number of carbonyl (C=O) groups excluding carboxylic acids is 1. The molecule has 1 saturated heterocycles. The van der Waals surface area contributed by atoms with Gasteiger partial charge < -0.3 is 15.0 Å². The van der Waals surface area contributed by atoms with E-state index in [0.29, 0.717) is 24.5 Å². The summed E-state index contributed by atoms with van der Waals surface area (Å²) < 4.78 is 74.3. The van der Waals surface area contributed by atoms with Gasteiger partial charge >= 0.3 is 6.18 Å². The Morgan fingerprint density at radius 2 is 1.90 bits per heavy atom. The second kappa shape index (κ2) is 10.6. The van der Waals surface area contributed by atoms with Crippen molar-refractivity contribution in [2.75, 3.05) is 24.5 Å². The minimum Gasteiger partial charge on any atom is -0.477 e. The van der Waals surface area contributed by atoms with Gasteiger partial charge in [-0.25, -0.2) is 9.71 Å². The number of halogens is 3. The van der Waals surface area contributed by atoms with E-state index < -0.39 is 45.3 Å². The third-order valence-electron chi connectivity index (χ3n) is 7.74. The number of aromatic nitrogens is 1. The Morgan fingerprint density at radius 3 is 2.59 bits per heavy atom. The number of nitrogens with one attached hydrogen (secondary N) is 2. The standard InChI is InChI=1S/C27H33F3N4O4S/c1-18-10-11-20(19-6-3-2-4-7-19)21(16-18)38-26(12-13-26)25(35)33-39(36,37)24-9-5-8-23(32-24)34-15-14-31-22(17-34)27(28,29)30/h5,8-11,16,19,22,31H,2-4,6-7,12-15,17H2,1H3,(H,33,35). The van der Waals surface area contributed by atoms with E-state index in [4.69, 9.17) is 4.74 Å². The van der Waals surface area contributed by atoms with Gasteiger partial charge in [0.25, 0.3) is 15.9 Å². The molecule has 1 atom stereocenters. The maximum Gasteiger partial charge on any atom is 0.405 e. The number of amides is 1. The number of nitrogens with zero attached hydrogens (tertiary/aromatic N) is 2. The zero-order chi connectivity index (χ0) is 27.8. The molecule has 2 N–H and O–H groups in total. The molecule has 0 spiro atoms. The summed E-state index contributed by atoms with van der Waals surface area (Å²) in [7, 11) is -4.39. The van der Waals surface area contributed by atoms with Gasteiger partial charge in [0, 0.05) is 32.5 Å². The fraction of sp³-hybridized carbons (Fsp3) is 0.556. The number of aryl methyl sites for hydroxylation is 1. The third-order valence-corrected chi connectivity index (χ3v) is 8.98. The van der Waals surface area contributed by atoms with Crippen molar-refractivity contribution < 1.29 is 31.1 Å².